The summed E-state index contributed by atoms with van der Waals surface area (Å²) in [5.41, 5.74) is 0. The molecule has 0 aromatic carbocycles. The van der Waals surface area contributed by atoms with E-state index in [1.165, 1.54) is 4.90 Å². The smallest absolute Gasteiger partial charge is 0.247 e. The van der Waals surface area contributed by atoms with E-state index in [2.05, 4.69) is 12.2 Å². The SMILES string of the molecule is CCCCNC1CC(=O)N(C2CCCC2)C1=O. The van der Waals surface area contributed by atoms with Crippen LogP contribution in [0.4, 0.5) is 0 Å². The number of hydrogen-bond acceptors (Lipinski definition) is 3. The minimum atomic E-state index is -0.255. The Kier molecular flexibility index (Phi) is 4.15. The lowest BCUT2D eigenvalue weighted by atomic mass is 10.2. The maximum atomic E-state index is 12.1. The molecule has 1 unspecified atom stereocenters. The molecule has 1 heterocycles. The van der Waals surface area contributed by atoms with Crippen molar-refractivity contribution < 1.29 is 9.59 Å². The van der Waals surface area contributed by atoms with Crippen molar-refractivity contribution in [2.75, 3.05) is 6.54 Å². The summed E-state index contributed by atoms with van der Waals surface area (Å²) in [7, 11) is 0. The number of carbonyl (C=O) groups is 2. The van der Waals surface area contributed by atoms with Crippen LogP contribution in [0.1, 0.15) is 51.9 Å². The largest absolute Gasteiger partial charge is 0.305 e. The molecule has 1 N–H and O–H groups in total. The molecule has 4 heteroatoms. The van der Waals surface area contributed by atoms with E-state index in [0.717, 1.165) is 45.1 Å². The molecule has 2 aliphatic rings. The lowest BCUT2D eigenvalue weighted by Crippen LogP contribution is -2.43. The van der Waals surface area contributed by atoms with Crippen LogP contribution in [0.3, 0.4) is 0 Å². The Morgan fingerprint density at radius 3 is 2.65 bits per heavy atom. The quantitative estimate of drug-likeness (QED) is 0.582. The van der Waals surface area contributed by atoms with Crippen molar-refractivity contribution in [1.29, 1.82) is 0 Å². The highest BCUT2D eigenvalue weighted by atomic mass is 16.2. The van der Waals surface area contributed by atoms with Gasteiger partial charge in [-0.15, -0.1) is 0 Å². The summed E-state index contributed by atoms with van der Waals surface area (Å²) >= 11 is 0. The van der Waals surface area contributed by atoms with Crippen LogP contribution >= 0.6 is 0 Å². The second kappa shape index (κ2) is 5.63. The summed E-state index contributed by atoms with van der Waals surface area (Å²) in [6.45, 7) is 2.95. The zero-order valence-electron chi connectivity index (χ0n) is 10.6. The van der Waals surface area contributed by atoms with E-state index in [1.807, 2.05) is 0 Å². The molecule has 96 valence electrons. The number of nitrogens with one attached hydrogen (secondary N) is 1. The van der Waals surface area contributed by atoms with Gasteiger partial charge in [-0.05, 0) is 25.8 Å². The minimum absolute atomic E-state index is 0.0120. The van der Waals surface area contributed by atoms with Crippen molar-refractivity contribution >= 4 is 11.8 Å². The van der Waals surface area contributed by atoms with E-state index >= 15 is 0 Å². The maximum Gasteiger partial charge on any atom is 0.247 e. The highest BCUT2D eigenvalue weighted by Crippen LogP contribution is 2.28. The number of hydrogen-bond donors (Lipinski definition) is 1. The molecular formula is C13H22N2O2. The van der Waals surface area contributed by atoms with Gasteiger partial charge in [-0.1, -0.05) is 26.2 Å². The van der Waals surface area contributed by atoms with Gasteiger partial charge in [0.15, 0.2) is 0 Å². The second-order valence-electron chi connectivity index (χ2n) is 5.10. The number of amides is 2. The van der Waals surface area contributed by atoms with Gasteiger partial charge in [-0.3, -0.25) is 14.5 Å². The lowest BCUT2D eigenvalue weighted by Gasteiger charge is -2.22. The number of imide groups is 1. The van der Waals surface area contributed by atoms with Crippen LogP contribution in [-0.2, 0) is 9.59 Å². The lowest BCUT2D eigenvalue weighted by molar-refractivity contribution is -0.141. The Balaban J connectivity index is 1.91. The summed E-state index contributed by atoms with van der Waals surface area (Å²) in [5.74, 6) is 0.0360. The van der Waals surface area contributed by atoms with Gasteiger partial charge in [-0.2, -0.15) is 0 Å². The van der Waals surface area contributed by atoms with Crippen LogP contribution in [0.2, 0.25) is 0 Å². The molecule has 1 saturated carbocycles. The fraction of sp³-hybridized carbons (Fsp3) is 0.846. The zero-order valence-corrected chi connectivity index (χ0v) is 10.6. The fourth-order valence-electron chi connectivity index (χ4n) is 2.81. The van der Waals surface area contributed by atoms with Crippen molar-refractivity contribution in [3.8, 4) is 0 Å². The molecule has 0 spiro atoms. The standard InChI is InChI=1S/C13H22N2O2/c1-2-3-8-14-11-9-12(16)15(13(11)17)10-6-4-5-7-10/h10-11,14H,2-9H2,1H3. The highest BCUT2D eigenvalue weighted by molar-refractivity contribution is 6.05. The number of nitrogens with zero attached hydrogens (tertiary/aromatic N) is 1. The topological polar surface area (TPSA) is 49.4 Å². The Labute approximate surface area is 103 Å². The van der Waals surface area contributed by atoms with Gasteiger partial charge in [0, 0.05) is 6.04 Å². The van der Waals surface area contributed by atoms with Crippen LogP contribution in [0.25, 0.3) is 0 Å². The van der Waals surface area contributed by atoms with Gasteiger partial charge in [-0.25, -0.2) is 0 Å². The molecule has 0 radical (unpaired) electrons. The first-order valence-electron chi connectivity index (χ1n) is 6.83. The molecule has 1 saturated heterocycles. The predicted molar refractivity (Wildman–Crippen MR) is 65.4 cm³/mol. The number of likely N-dealkylation sites (tertiary alicyclic amines) is 1. The first-order chi connectivity index (χ1) is 8.24. The van der Waals surface area contributed by atoms with Crippen LogP contribution in [0.15, 0.2) is 0 Å². The number of rotatable bonds is 5. The Morgan fingerprint density at radius 2 is 2.00 bits per heavy atom. The highest BCUT2D eigenvalue weighted by Gasteiger charge is 2.42. The molecule has 2 rings (SSSR count). The molecule has 4 nitrogen and oxygen atoms in total. The monoisotopic (exact) mass is 238 g/mol. The van der Waals surface area contributed by atoms with E-state index in [1.54, 1.807) is 0 Å². The molecule has 1 aliphatic carbocycles. The van der Waals surface area contributed by atoms with E-state index in [9.17, 15) is 9.59 Å². The Morgan fingerprint density at radius 1 is 1.29 bits per heavy atom. The van der Waals surface area contributed by atoms with Crippen LogP contribution in [0.5, 0.6) is 0 Å². The van der Waals surface area contributed by atoms with Crippen LogP contribution in [-0.4, -0.2) is 35.3 Å². The molecule has 1 aliphatic heterocycles. The minimum Gasteiger partial charge on any atom is -0.305 e. The third-order valence-electron chi connectivity index (χ3n) is 3.79. The number of carbonyl (C=O) groups excluding carboxylic acids is 2. The predicted octanol–water partition coefficient (Wildman–Crippen LogP) is 1.45. The molecule has 2 fully saturated rings. The third-order valence-corrected chi connectivity index (χ3v) is 3.79. The van der Waals surface area contributed by atoms with Crippen LogP contribution in [0, 0.1) is 0 Å². The van der Waals surface area contributed by atoms with Crippen molar-refractivity contribution in [3.05, 3.63) is 0 Å². The Bertz CT molecular complexity index is 298. The van der Waals surface area contributed by atoms with Gasteiger partial charge < -0.3 is 5.32 Å². The van der Waals surface area contributed by atoms with Crippen molar-refractivity contribution in [3.63, 3.8) is 0 Å². The van der Waals surface area contributed by atoms with E-state index in [4.69, 9.17) is 0 Å². The summed E-state index contributed by atoms with van der Waals surface area (Å²) in [5, 5.41) is 3.20. The first-order valence-corrected chi connectivity index (χ1v) is 6.83. The first kappa shape index (κ1) is 12.6. The van der Waals surface area contributed by atoms with Crippen molar-refractivity contribution in [2.45, 2.75) is 64.0 Å². The summed E-state index contributed by atoms with van der Waals surface area (Å²) in [6.07, 6.45) is 6.82. The van der Waals surface area contributed by atoms with E-state index < -0.39 is 0 Å². The molecule has 2 amide bonds. The maximum absolute atomic E-state index is 12.1. The molecule has 0 bridgehead atoms. The van der Waals surface area contributed by atoms with Gasteiger partial charge >= 0.3 is 0 Å². The summed E-state index contributed by atoms with van der Waals surface area (Å²) < 4.78 is 0. The van der Waals surface area contributed by atoms with Crippen LogP contribution < -0.4 is 5.32 Å². The molecule has 1 atom stereocenters. The van der Waals surface area contributed by atoms with Gasteiger partial charge in [0.2, 0.25) is 11.8 Å². The third kappa shape index (κ3) is 2.68. The van der Waals surface area contributed by atoms with Gasteiger partial charge in [0.1, 0.15) is 0 Å². The van der Waals surface area contributed by atoms with Crippen molar-refractivity contribution in [1.82, 2.24) is 10.2 Å². The summed E-state index contributed by atoms with van der Waals surface area (Å²) in [4.78, 5) is 25.6. The zero-order chi connectivity index (χ0) is 12.3. The number of unbranched alkanes of at least 4 members (excludes halogenated alkanes) is 1. The second-order valence-corrected chi connectivity index (χ2v) is 5.10. The Hall–Kier alpha value is -0.900. The molecule has 0 aromatic rings. The van der Waals surface area contributed by atoms with Crippen molar-refractivity contribution in [2.24, 2.45) is 0 Å². The van der Waals surface area contributed by atoms with Gasteiger partial charge in [0.05, 0.1) is 12.5 Å². The average Bonchev–Trinajstić information content (AvgIpc) is 2.89. The normalized spacial score (nSPS) is 26.2. The fourth-order valence-corrected chi connectivity index (χ4v) is 2.81. The molecule has 0 aromatic heterocycles. The molecular weight excluding hydrogens is 216 g/mol. The average molecular weight is 238 g/mol. The van der Waals surface area contributed by atoms with E-state index in [-0.39, 0.29) is 23.9 Å². The molecule has 17 heavy (non-hydrogen) atoms. The summed E-state index contributed by atoms with van der Waals surface area (Å²) in [6, 6.07) is -0.0670. The van der Waals surface area contributed by atoms with Gasteiger partial charge in [0.25, 0.3) is 0 Å². The van der Waals surface area contributed by atoms with E-state index in [0.29, 0.717) is 6.42 Å².